The highest BCUT2D eigenvalue weighted by Gasteiger charge is 2.30. The van der Waals surface area contributed by atoms with Gasteiger partial charge in [-0.3, -0.25) is 9.59 Å². The Morgan fingerprint density at radius 3 is 2.28 bits per heavy atom. The van der Waals surface area contributed by atoms with Gasteiger partial charge in [0.05, 0.1) is 13.1 Å². The number of rotatable bonds is 6. The lowest BCUT2D eigenvalue weighted by Gasteiger charge is -2.35. The third-order valence-corrected chi connectivity index (χ3v) is 3.66. The van der Waals surface area contributed by atoms with Crippen LogP contribution in [-0.4, -0.2) is 53.8 Å². The average molecular weight is 255 g/mol. The van der Waals surface area contributed by atoms with Crippen LogP contribution in [0.2, 0.25) is 0 Å². The lowest BCUT2D eigenvalue weighted by atomic mass is 9.99. The molecule has 5 heteroatoms. The number of amides is 2. The molecule has 1 fully saturated rings. The average Bonchev–Trinajstić information content (AvgIpc) is 2.34. The molecule has 2 unspecified atom stereocenters. The summed E-state index contributed by atoms with van der Waals surface area (Å²) in [5.74, 6) is 0.413. The maximum Gasteiger partial charge on any atom is 0.242 e. The van der Waals surface area contributed by atoms with Gasteiger partial charge in [0, 0.05) is 19.1 Å². The molecular formula is C13H25N3O2. The molecule has 0 radical (unpaired) electrons. The van der Waals surface area contributed by atoms with Crippen LogP contribution < -0.4 is 5.73 Å². The molecule has 2 N–H and O–H groups in total. The molecule has 0 aromatic carbocycles. The normalized spacial score (nSPS) is 20.2. The van der Waals surface area contributed by atoms with Crippen molar-refractivity contribution in [2.75, 3.05) is 26.2 Å². The van der Waals surface area contributed by atoms with E-state index in [-0.39, 0.29) is 30.9 Å². The van der Waals surface area contributed by atoms with E-state index in [1.807, 2.05) is 6.92 Å². The van der Waals surface area contributed by atoms with E-state index in [1.165, 1.54) is 0 Å². The number of hydrogen-bond acceptors (Lipinski definition) is 3. The van der Waals surface area contributed by atoms with Crippen molar-refractivity contribution in [2.24, 2.45) is 11.7 Å². The highest BCUT2D eigenvalue weighted by molar-refractivity contribution is 5.92. The molecule has 1 aliphatic heterocycles. The zero-order valence-corrected chi connectivity index (χ0v) is 11.7. The van der Waals surface area contributed by atoms with E-state index in [1.54, 1.807) is 9.80 Å². The van der Waals surface area contributed by atoms with Gasteiger partial charge >= 0.3 is 0 Å². The summed E-state index contributed by atoms with van der Waals surface area (Å²) in [5, 5.41) is 0. The summed E-state index contributed by atoms with van der Waals surface area (Å²) in [6.45, 7) is 7.70. The fourth-order valence-electron chi connectivity index (χ4n) is 2.08. The molecule has 104 valence electrons. The summed E-state index contributed by atoms with van der Waals surface area (Å²) in [4.78, 5) is 27.0. The van der Waals surface area contributed by atoms with Crippen LogP contribution in [0, 0.1) is 5.92 Å². The molecular weight excluding hydrogens is 230 g/mol. The summed E-state index contributed by atoms with van der Waals surface area (Å²) in [6.07, 6.45) is 1.87. The molecule has 0 aromatic heterocycles. The molecule has 1 aliphatic rings. The maximum atomic E-state index is 11.9. The van der Waals surface area contributed by atoms with Gasteiger partial charge in [0.1, 0.15) is 0 Å². The third-order valence-electron chi connectivity index (χ3n) is 3.66. The second kappa shape index (κ2) is 6.73. The van der Waals surface area contributed by atoms with E-state index in [0.29, 0.717) is 19.0 Å². The van der Waals surface area contributed by atoms with Crippen LogP contribution in [-0.2, 0) is 9.59 Å². The van der Waals surface area contributed by atoms with Crippen molar-refractivity contribution in [3.8, 4) is 0 Å². The van der Waals surface area contributed by atoms with Gasteiger partial charge in [-0.15, -0.1) is 0 Å². The van der Waals surface area contributed by atoms with E-state index >= 15 is 0 Å². The van der Waals surface area contributed by atoms with Crippen molar-refractivity contribution in [1.82, 2.24) is 9.80 Å². The zero-order valence-electron chi connectivity index (χ0n) is 11.7. The van der Waals surface area contributed by atoms with Gasteiger partial charge < -0.3 is 15.5 Å². The lowest BCUT2D eigenvalue weighted by Crippen LogP contribution is -2.56. The SMILES string of the molecule is CCCN1CC(=O)N(CC(N)C(C)CC)CC1=O. The van der Waals surface area contributed by atoms with E-state index in [0.717, 1.165) is 12.8 Å². The van der Waals surface area contributed by atoms with Gasteiger partial charge in [0.2, 0.25) is 11.8 Å². The number of nitrogens with zero attached hydrogens (tertiary/aromatic N) is 2. The van der Waals surface area contributed by atoms with Crippen LogP contribution in [0.5, 0.6) is 0 Å². The second-order valence-electron chi connectivity index (χ2n) is 5.14. The highest BCUT2D eigenvalue weighted by Crippen LogP contribution is 2.11. The predicted molar refractivity (Wildman–Crippen MR) is 70.9 cm³/mol. The van der Waals surface area contributed by atoms with Crippen LogP contribution in [0.3, 0.4) is 0 Å². The van der Waals surface area contributed by atoms with Crippen LogP contribution >= 0.6 is 0 Å². The highest BCUT2D eigenvalue weighted by atomic mass is 16.2. The number of piperazine rings is 1. The van der Waals surface area contributed by atoms with Gasteiger partial charge in [-0.2, -0.15) is 0 Å². The van der Waals surface area contributed by atoms with Crippen molar-refractivity contribution in [3.63, 3.8) is 0 Å². The fraction of sp³-hybridized carbons (Fsp3) is 0.846. The van der Waals surface area contributed by atoms with Gasteiger partial charge in [0.25, 0.3) is 0 Å². The van der Waals surface area contributed by atoms with Crippen molar-refractivity contribution in [1.29, 1.82) is 0 Å². The van der Waals surface area contributed by atoms with Gasteiger partial charge in [-0.1, -0.05) is 27.2 Å². The monoisotopic (exact) mass is 255 g/mol. The van der Waals surface area contributed by atoms with Crippen LogP contribution in [0.25, 0.3) is 0 Å². The van der Waals surface area contributed by atoms with E-state index in [9.17, 15) is 9.59 Å². The van der Waals surface area contributed by atoms with Crippen molar-refractivity contribution in [3.05, 3.63) is 0 Å². The Bertz CT molecular complexity index is 307. The van der Waals surface area contributed by atoms with Gasteiger partial charge in [-0.25, -0.2) is 0 Å². The Kier molecular flexibility index (Phi) is 5.59. The topological polar surface area (TPSA) is 66.6 Å². The molecule has 0 bridgehead atoms. The lowest BCUT2D eigenvalue weighted by molar-refractivity contribution is -0.150. The van der Waals surface area contributed by atoms with Crippen molar-refractivity contribution < 1.29 is 9.59 Å². The first-order chi connectivity index (χ1) is 8.49. The Hall–Kier alpha value is -1.10. The summed E-state index contributed by atoms with van der Waals surface area (Å²) in [7, 11) is 0. The molecule has 1 heterocycles. The Morgan fingerprint density at radius 2 is 1.72 bits per heavy atom. The molecule has 0 spiro atoms. The number of hydrogen-bond donors (Lipinski definition) is 1. The van der Waals surface area contributed by atoms with Gasteiger partial charge in [0.15, 0.2) is 0 Å². The summed E-state index contributed by atoms with van der Waals surface area (Å²) < 4.78 is 0. The summed E-state index contributed by atoms with van der Waals surface area (Å²) in [5.41, 5.74) is 6.04. The van der Waals surface area contributed by atoms with Crippen LogP contribution in [0.4, 0.5) is 0 Å². The second-order valence-corrected chi connectivity index (χ2v) is 5.14. The standard InChI is InChI=1S/C13H25N3O2/c1-4-6-15-8-13(18)16(9-12(15)17)7-11(14)10(3)5-2/h10-11H,4-9,14H2,1-3H3. The molecule has 0 aromatic rings. The van der Waals surface area contributed by atoms with Crippen LogP contribution in [0.15, 0.2) is 0 Å². The molecule has 18 heavy (non-hydrogen) atoms. The Balaban J connectivity index is 2.54. The fourth-order valence-corrected chi connectivity index (χ4v) is 2.08. The van der Waals surface area contributed by atoms with Crippen LogP contribution in [0.1, 0.15) is 33.6 Å². The Morgan fingerprint density at radius 1 is 1.17 bits per heavy atom. The molecule has 1 rings (SSSR count). The summed E-state index contributed by atoms with van der Waals surface area (Å²) in [6, 6.07) is -0.0514. The minimum atomic E-state index is -0.0514. The van der Waals surface area contributed by atoms with Crippen molar-refractivity contribution >= 4 is 11.8 Å². The third kappa shape index (κ3) is 3.70. The van der Waals surface area contributed by atoms with Crippen molar-refractivity contribution in [2.45, 2.75) is 39.7 Å². The molecule has 0 saturated carbocycles. The molecule has 5 nitrogen and oxygen atoms in total. The molecule has 1 saturated heterocycles. The molecule has 2 amide bonds. The number of carbonyl (C=O) groups excluding carboxylic acids is 2. The minimum Gasteiger partial charge on any atom is -0.332 e. The molecule has 2 atom stereocenters. The van der Waals surface area contributed by atoms with E-state index in [2.05, 4.69) is 13.8 Å². The van der Waals surface area contributed by atoms with Gasteiger partial charge in [-0.05, 0) is 12.3 Å². The number of nitrogens with two attached hydrogens (primary N) is 1. The molecule has 0 aliphatic carbocycles. The predicted octanol–water partition coefficient (Wildman–Crippen LogP) is 0.441. The minimum absolute atomic E-state index is 0.0156. The van der Waals surface area contributed by atoms with E-state index in [4.69, 9.17) is 5.73 Å². The quantitative estimate of drug-likeness (QED) is 0.749. The van der Waals surface area contributed by atoms with E-state index < -0.39 is 0 Å². The first kappa shape index (κ1) is 15.0. The smallest absolute Gasteiger partial charge is 0.242 e. The Labute approximate surface area is 109 Å². The first-order valence-electron chi connectivity index (χ1n) is 6.80. The maximum absolute atomic E-state index is 11.9. The first-order valence-corrected chi connectivity index (χ1v) is 6.80. The number of carbonyl (C=O) groups is 2. The summed E-state index contributed by atoms with van der Waals surface area (Å²) >= 11 is 0. The zero-order chi connectivity index (χ0) is 13.7. The largest absolute Gasteiger partial charge is 0.332 e.